The predicted octanol–water partition coefficient (Wildman–Crippen LogP) is 0.384. The first-order valence-corrected chi connectivity index (χ1v) is 3.55. The van der Waals surface area contributed by atoms with Crippen LogP contribution >= 0.6 is 0 Å². The third-order valence-corrected chi connectivity index (χ3v) is 1.54. The second-order valence-electron chi connectivity index (χ2n) is 2.35. The number of anilines is 1. The third-order valence-electron chi connectivity index (χ3n) is 1.54. The number of halogens is 1. The second kappa shape index (κ2) is 2.81. The monoisotopic (exact) mass is 179 g/mol. The highest BCUT2D eigenvalue weighted by molar-refractivity contribution is 5.50. The van der Waals surface area contributed by atoms with Gasteiger partial charge in [0.25, 0.3) is 0 Å². The number of hydrogen-bond acceptors (Lipinski definition) is 4. The highest BCUT2D eigenvalue weighted by Crippen LogP contribution is 2.13. The van der Waals surface area contributed by atoms with Gasteiger partial charge in [-0.25, -0.2) is 14.6 Å². The predicted molar refractivity (Wildman–Crippen MR) is 43.5 cm³/mol. The molecule has 6 heteroatoms. The molecule has 0 atom stereocenters. The average molecular weight is 179 g/mol. The van der Waals surface area contributed by atoms with Crippen molar-refractivity contribution in [3.05, 3.63) is 30.7 Å². The zero-order chi connectivity index (χ0) is 9.26. The lowest BCUT2D eigenvalue weighted by atomic mass is 10.5. The minimum absolute atomic E-state index is 0.105. The van der Waals surface area contributed by atoms with E-state index < -0.39 is 5.95 Å². The van der Waals surface area contributed by atoms with E-state index in [0.29, 0.717) is 0 Å². The first-order chi connectivity index (χ1) is 6.29. The Morgan fingerprint density at radius 1 is 1.38 bits per heavy atom. The summed E-state index contributed by atoms with van der Waals surface area (Å²) in [6.07, 6.45) is 4.28. The molecule has 5 nitrogen and oxygen atoms in total. The first kappa shape index (κ1) is 7.66. The maximum atomic E-state index is 12.9. The summed E-state index contributed by atoms with van der Waals surface area (Å²) in [5.41, 5.74) is 5.31. The molecule has 2 aromatic heterocycles. The Kier molecular flexibility index (Phi) is 1.66. The van der Waals surface area contributed by atoms with Gasteiger partial charge in [-0.3, -0.25) is 0 Å². The molecule has 13 heavy (non-hydrogen) atoms. The summed E-state index contributed by atoms with van der Waals surface area (Å²) in [6.45, 7) is 0. The van der Waals surface area contributed by atoms with E-state index in [2.05, 4.69) is 15.1 Å². The molecule has 0 aliphatic heterocycles. The highest BCUT2D eigenvalue weighted by atomic mass is 19.1. The maximum absolute atomic E-state index is 12.9. The first-order valence-electron chi connectivity index (χ1n) is 3.55. The molecule has 0 unspecified atom stereocenters. The molecule has 0 radical (unpaired) electrons. The van der Waals surface area contributed by atoms with Gasteiger partial charge in [-0.05, 0) is 6.07 Å². The summed E-state index contributed by atoms with van der Waals surface area (Å²) in [5, 5.41) is 3.87. The molecule has 0 saturated heterocycles. The van der Waals surface area contributed by atoms with Crippen LogP contribution in [0.5, 0.6) is 0 Å². The van der Waals surface area contributed by atoms with E-state index in [1.165, 1.54) is 4.68 Å². The van der Waals surface area contributed by atoms with Gasteiger partial charge < -0.3 is 5.73 Å². The van der Waals surface area contributed by atoms with Crippen molar-refractivity contribution in [3.8, 4) is 5.82 Å². The fraction of sp³-hybridized carbons (Fsp3) is 0. The van der Waals surface area contributed by atoms with Crippen molar-refractivity contribution < 1.29 is 4.39 Å². The molecular weight excluding hydrogens is 173 g/mol. The van der Waals surface area contributed by atoms with Crippen molar-refractivity contribution in [2.75, 3.05) is 5.73 Å². The van der Waals surface area contributed by atoms with Crippen LogP contribution in [-0.4, -0.2) is 19.7 Å². The molecule has 2 heterocycles. The normalized spacial score (nSPS) is 10.2. The van der Waals surface area contributed by atoms with E-state index >= 15 is 0 Å². The fourth-order valence-electron chi connectivity index (χ4n) is 0.942. The zero-order valence-corrected chi connectivity index (χ0v) is 6.55. The van der Waals surface area contributed by atoms with Crippen LogP contribution in [0.1, 0.15) is 0 Å². The molecule has 2 N–H and O–H groups in total. The van der Waals surface area contributed by atoms with Gasteiger partial charge >= 0.3 is 0 Å². The van der Waals surface area contributed by atoms with E-state index in [-0.39, 0.29) is 11.5 Å². The molecule has 66 valence electrons. The largest absolute Gasteiger partial charge is 0.392 e. The van der Waals surface area contributed by atoms with Crippen LogP contribution in [0, 0.1) is 5.95 Å². The molecular formula is C7H6FN5. The van der Waals surface area contributed by atoms with Crippen LogP contribution in [0.15, 0.2) is 24.8 Å². The Morgan fingerprint density at radius 2 is 2.23 bits per heavy atom. The standard InChI is InChI=1S/C7H6FN5/c8-6-5(9)7(11-4-10-6)13-3-1-2-12-13/h1-4H,9H2. The Balaban J connectivity index is 2.59. The Hall–Kier alpha value is -1.98. The van der Waals surface area contributed by atoms with Gasteiger partial charge in [0, 0.05) is 12.4 Å². The number of aromatic nitrogens is 4. The summed E-state index contributed by atoms with van der Waals surface area (Å²) in [6, 6.07) is 1.69. The van der Waals surface area contributed by atoms with Crippen LogP contribution in [0.3, 0.4) is 0 Å². The smallest absolute Gasteiger partial charge is 0.241 e. The molecule has 2 rings (SSSR count). The van der Waals surface area contributed by atoms with Gasteiger partial charge in [0.05, 0.1) is 0 Å². The lowest BCUT2D eigenvalue weighted by Crippen LogP contribution is -2.06. The summed E-state index contributed by atoms with van der Waals surface area (Å²) in [4.78, 5) is 7.11. The van der Waals surface area contributed by atoms with Gasteiger partial charge in [-0.15, -0.1) is 0 Å². The van der Waals surface area contributed by atoms with E-state index in [1.807, 2.05) is 0 Å². The lowest BCUT2D eigenvalue weighted by molar-refractivity contribution is 0.581. The molecule has 0 bridgehead atoms. The number of nitrogens with zero attached hydrogens (tertiary/aromatic N) is 4. The van der Waals surface area contributed by atoms with Gasteiger partial charge in [-0.1, -0.05) is 0 Å². The maximum Gasteiger partial charge on any atom is 0.241 e. The molecule has 0 fully saturated rings. The molecule has 0 aliphatic carbocycles. The van der Waals surface area contributed by atoms with Crippen molar-refractivity contribution in [2.24, 2.45) is 0 Å². The topological polar surface area (TPSA) is 69.6 Å². The molecule has 0 aliphatic rings. The average Bonchev–Trinajstić information content (AvgIpc) is 2.62. The third kappa shape index (κ3) is 1.22. The fourth-order valence-corrected chi connectivity index (χ4v) is 0.942. The summed E-state index contributed by atoms with van der Waals surface area (Å²) >= 11 is 0. The van der Waals surface area contributed by atoms with Crippen LogP contribution < -0.4 is 5.73 Å². The van der Waals surface area contributed by atoms with Crippen LogP contribution in [0.25, 0.3) is 5.82 Å². The summed E-state index contributed by atoms with van der Waals surface area (Å²) < 4.78 is 14.2. The van der Waals surface area contributed by atoms with Crippen molar-refractivity contribution >= 4 is 5.69 Å². The summed E-state index contributed by atoms with van der Waals surface area (Å²) in [7, 11) is 0. The Bertz CT molecular complexity index is 411. The Morgan fingerprint density at radius 3 is 2.92 bits per heavy atom. The molecule has 0 spiro atoms. The number of hydrogen-bond donors (Lipinski definition) is 1. The Labute approximate surface area is 73.0 Å². The minimum Gasteiger partial charge on any atom is -0.392 e. The van der Waals surface area contributed by atoms with Crippen LogP contribution in [0.4, 0.5) is 10.1 Å². The van der Waals surface area contributed by atoms with Crippen molar-refractivity contribution in [3.63, 3.8) is 0 Å². The summed E-state index contributed by atoms with van der Waals surface area (Å²) in [5.74, 6) is -0.488. The van der Waals surface area contributed by atoms with Gasteiger partial charge in [-0.2, -0.15) is 9.49 Å². The SMILES string of the molecule is Nc1c(F)ncnc1-n1cccn1. The second-order valence-corrected chi connectivity index (χ2v) is 2.35. The van der Waals surface area contributed by atoms with E-state index in [9.17, 15) is 4.39 Å². The number of nitrogen functional groups attached to an aromatic ring is 1. The lowest BCUT2D eigenvalue weighted by Gasteiger charge is -2.02. The van der Waals surface area contributed by atoms with Gasteiger partial charge in [0.1, 0.15) is 12.0 Å². The van der Waals surface area contributed by atoms with E-state index in [0.717, 1.165) is 6.33 Å². The van der Waals surface area contributed by atoms with Crippen molar-refractivity contribution in [1.29, 1.82) is 0 Å². The zero-order valence-electron chi connectivity index (χ0n) is 6.55. The molecule has 0 amide bonds. The molecule has 0 aromatic carbocycles. The van der Waals surface area contributed by atoms with E-state index in [1.54, 1.807) is 18.5 Å². The molecule has 2 aromatic rings. The van der Waals surface area contributed by atoms with Crippen molar-refractivity contribution in [1.82, 2.24) is 19.7 Å². The van der Waals surface area contributed by atoms with E-state index in [4.69, 9.17) is 5.73 Å². The van der Waals surface area contributed by atoms with Gasteiger partial charge in [0.15, 0.2) is 5.82 Å². The van der Waals surface area contributed by atoms with Crippen molar-refractivity contribution in [2.45, 2.75) is 0 Å². The quantitative estimate of drug-likeness (QED) is 0.642. The number of rotatable bonds is 1. The van der Waals surface area contributed by atoms with Gasteiger partial charge in [0.2, 0.25) is 5.95 Å². The molecule has 0 saturated carbocycles. The highest BCUT2D eigenvalue weighted by Gasteiger charge is 2.08. The minimum atomic E-state index is -0.736. The van der Waals surface area contributed by atoms with Crippen LogP contribution in [-0.2, 0) is 0 Å². The number of nitrogens with two attached hydrogens (primary N) is 1. The van der Waals surface area contributed by atoms with Crippen LogP contribution in [0.2, 0.25) is 0 Å².